The van der Waals surface area contributed by atoms with E-state index in [9.17, 15) is 4.79 Å². The first-order valence-corrected chi connectivity index (χ1v) is 9.41. The molecular formula is C20H12Cl2N2OS. The third-order valence-corrected chi connectivity index (χ3v) is 5.47. The SMILES string of the molecule is O=C(c1ccccc1Cl)N(c1ccc(Cl)cc1)c1nc2ccccc2s1. The fourth-order valence-electron chi connectivity index (χ4n) is 2.62. The van der Waals surface area contributed by atoms with Crippen LogP contribution in [0.1, 0.15) is 10.4 Å². The molecule has 0 bridgehead atoms. The van der Waals surface area contributed by atoms with Gasteiger partial charge in [-0.3, -0.25) is 9.69 Å². The number of hydrogen-bond acceptors (Lipinski definition) is 3. The molecule has 0 saturated carbocycles. The summed E-state index contributed by atoms with van der Waals surface area (Å²) in [7, 11) is 0. The summed E-state index contributed by atoms with van der Waals surface area (Å²) in [6.45, 7) is 0. The molecule has 1 heterocycles. The molecular weight excluding hydrogens is 387 g/mol. The minimum absolute atomic E-state index is 0.239. The molecule has 3 aromatic carbocycles. The standard InChI is InChI=1S/C20H12Cl2N2OS/c21-13-9-11-14(12-10-13)24(19(25)15-5-1-2-6-16(15)22)20-23-17-7-3-4-8-18(17)26-20/h1-12H. The maximum atomic E-state index is 13.3. The van der Waals surface area contributed by atoms with Crippen LogP contribution in [0.2, 0.25) is 10.0 Å². The topological polar surface area (TPSA) is 33.2 Å². The normalized spacial score (nSPS) is 10.8. The fraction of sp³-hybridized carbons (Fsp3) is 0. The number of amides is 1. The van der Waals surface area contributed by atoms with Gasteiger partial charge in [0.25, 0.3) is 5.91 Å². The highest BCUT2D eigenvalue weighted by molar-refractivity contribution is 7.22. The molecule has 128 valence electrons. The minimum Gasteiger partial charge on any atom is -0.268 e. The van der Waals surface area contributed by atoms with Gasteiger partial charge in [0.15, 0.2) is 5.13 Å². The van der Waals surface area contributed by atoms with E-state index in [0.717, 1.165) is 10.2 Å². The van der Waals surface area contributed by atoms with E-state index in [-0.39, 0.29) is 5.91 Å². The predicted molar refractivity (Wildman–Crippen MR) is 109 cm³/mol. The summed E-state index contributed by atoms with van der Waals surface area (Å²) >= 11 is 13.7. The Hall–Kier alpha value is -2.40. The zero-order valence-electron chi connectivity index (χ0n) is 13.4. The van der Waals surface area contributed by atoms with Crippen LogP contribution in [0.5, 0.6) is 0 Å². The number of halogens is 2. The summed E-state index contributed by atoms with van der Waals surface area (Å²) < 4.78 is 1.01. The third kappa shape index (κ3) is 3.19. The van der Waals surface area contributed by atoms with Gasteiger partial charge in [-0.05, 0) is 48.5 Å². The molecule has 0 atom stereocenters. The van der Waals surface area contributed by atoms with Crippen LogP contribution in [0.3, 0.4) is 0 Å². The number of carbonyl (C=O) groups excluding carboxylic acids is 1. The van der Waals surface area contributed by atoms with Gasteiger partial charge in [0.05, 0.1) is 26.5 Å². The molecule has 0 aliphatic heterocycles. The lowest BCUT2D eigenvalue weighted by Crippen LogP contribution is -2.26. The van der Waals surface area contributed by atoms with Crippen LogP contribution >= 0.6 is 34.5 Å². The summed E-state index contributed by atoms with van der Waals surface area (Å²) in [6, 6.07) is 21.9. The van der Waals surface area contributed by atoms with Crippen molar-refractivity contribution in [3.8, 4) is 0 Å². The Morgan fingerprint density at radius 1 is 0.885 bits per heavy atom. The molecule has 0 unspecified atom stereocenters. The zero-order chi connectivity index (χ0) is 18.1. The van der Waals surface area contributed by atoms with E-state index in [2.05, 4.69) is 4.98 Å². The molecule has 0 N–H and O–H groups in total. The Labute approximate surface area is 164 Å². The molecule has 0 fully saturated rings. The third-order valence-electron chi connectivity index (χ3n) is 3.87. The van der Waals surface area contributed by atoms with Crippen LogP contribution in [0, 0.1) is 0 Å². The molecule has 1 amide bonds. The van der Waals surface area contributed by atoms with Crippen LogP contribution in [0.15, 0.2) is 72.8 Å². The minimum atomic E-state index is -0.239. The molecule has 4 aromatic rings. The van der Waals surface area contributed by atoms with Gasteiger partial charge in [0, 0.05) is 5.02 Å². The van der Waals surface area contributed by atoms with Gasteiger partial charge in [-0.2, -0.15) is 0 Å². The van der Waals surface area contributed by atoms with E-state index in [1.807, 2.05) is 24.3 Å². The molecule has 0 aliphatic rings. The number of aromatic nitrogens is 1. The van der Waals surface area contributed by atoms with E-state index in [4.69, 9.17) is 23.2 Å². The van der Waals surface area contributed by atoms with Crippen molar-refractivity contribution in [3.05, 3.63) is 88.4 Å². The molecule has 3 nitrogen and oxygen atoms in total. The summed E-state index contributed by atoms with van der Waals surface area (Å²) in [5.74, 6) is -0.239. The average Bonchev–Trinajstić information content (AvgIpc) is 3.07. The van der Waals surface area contributed by atoms with Crippen molar-refractivity contribution in [1.29, 1.82) is 0 Å². The van der Waals surface area contributed by atoms with Crippen LogP contribution in [-0.2, 0) is 0 Å². The number of fused-ring (bicyclic) bond motifs is 1. The Morgan fingerprint density at radius 3 is 2.31 bits per heavy atom. The molecule has 26 heavy (non-hydrogen) atoms. The predicted octanol–water partition coefficient (Wildman–Crippen LogP) is 6.58. The average molecular weight is 399 g/mol. The number of nitrogens with zero attached hydrogens (tertiary/aromatic N) is 2. The zero-order valence-corrected chi connectivity index (χ0v) is 15.7. The van der Waals surface area contributed by atoms with Crippen LogP contribution in [0.4, 0.5) is 10.8 Å². The van der Waals surface area contributed by atoms with Gasteiger partial charge in [-0.25, -0.2) is 4.98 Å². The fourth-order valence-corrected chi connectivity index (χ4v) is 3.94. The lowest BCUT2D eigenvalue weighted by atomic mass is 10.2. The van der Waals surface area contributed by atoms with Crippen molar-refractivity contribution in [1.82, 2.24) is 4.98 Å². The number of hydrogen-bond donors (Lipinski definition) is 0. The molecule has 4 rings (SSSR count). The second-order valence-corrected chi connectivity index (χ2v) is 7.41. The number of anilines is 2. The van der Waals surface area contributed by atoms with Gasteiger partial charge in [0.1, 0.15) is 0 Å². The van der Waals surface area contributed by atoms with Gasteiger partial charge >= 0.3 is 0 Å². The van der Waals surface area contributed by atoms with E-state index < -0.39 is 0 Å². The summed E-state index contributed by atoms with van der Waals surface area (Å²) in [6.07, 6.45) is 0. The number of thiazole rings is 1. The molecule has 0 spiro atoms. The Morgan fingerprint density at radius 2 is 1.58 bits per heavy atom. The molecule has 6 heteroatoms. The quantitative estimate of drug-likeness (QED) is 0.390. The molecule has 0 aliphatic carbocycles. The lowest BCUT2D eigenvalue weighted by molar-refractivity contribution is 0.0999. The van der Waals surface area contributed by atoms with Gasteiger partial charge < -0.3 is 0 Å². The van der Waals surface area contributed by atoms with Crippen molar-refractivity contribution >= 4 is 61.5 Å². The van der Waals surface area contributed by atoms with Gasteiger partial charge in [-0.1, -0.05) is 58.8 Å². The first-order chi connectivity index (χ1) is 12.6. The Balaban J connectivity index is 1.88. The van der Waals surface area contributed by atoms with E-state index in [0.29, 0.717) is 26.4 Å². The van der Waals surface area contributed by atoms with E-state index in [1.165, 1.54) is 11.3 Å². The van der Waals surface area contributed by atoms with Crippen LogP contribution < -0.4 is 4.90 Å². The highest BCUT2D eigenvalue weighted by Gasteiger charge is 2.24. The van der Waals surface area contributed by atoms with E-state index >= 15 is 0 Å². The number of para-hydroxylation sites is 1. The van der Waals surface area contributed by atoms with Gasteiger partial charge in [0.2, 0.25) is 0 Å². The summed E-state index contributed by atoms with van der Waals surface area (Å²) in [5, 5.41) is 1.58. The maximum Gasteiger partial charge on any atom is 0.266 e. The highest BCUT2D eigenvalue weighted by atomic mass is 35.5. The molecule has 0 saturated heterocycles. The number of carbonyl (C=O) groups is 1. The Bertz CT molecular complexity index is 1060. The van der Waals surface area contributed by atoms with Crippen molar-refractivity contribution in [2.24, 2.45) is 0 Å². The lowest BCUT2D eigenvalue weighted by Gasteiger charge is -2.20. The van der Waals surface area contributed by atoms with Crippen LogP contribution in [-0.4, -0.2) is 10.9 Å². The van der Waals surface area contributed by atoms with Crippen molar-refractivity contribution in [2.75, 3.05) is 4.90 Å². The molecule has 0 radical (unpaired) electrons. The smallest absolute Gasteiger partial charge is 0.266 e. The van der Waals surface area contributed by atoms with Crippen molar-refractivity contribution in [3.63, 3.8) is 0 Å². The van der Waals surface area contributed by atoms with Gasteiger partial charge in [-0.15, -0.1) is 0 Å². The molecule has 1 aromatic heterocycles. The van der Waals surface area contributed by atoms with Crippen molar-refractivity contribution in [2.45, 2.75) is 0 Å². The second kappa shape index (κ2) is 7.08. The first kappa shape index (κ1) is 17.0. The van der Waals surface area contributed by atoms with Crippen molar-refractivity contribution < 1.29 is 4.79 Å². The first-order valence-electron chi connectivity index (χ1n) is 7.83. The summed E-state index contributed by atoms with van der Waals surface area (Å²) in [4.78, 5) is 19.5. The second-order valence-electron chi connectivity index (χ2n) is 5.56. The van der Waals surface area contributed by atoms with Crippen LogP contribution in [0.25, 0.3) is 10.2 Å². The number of benzene rings is 3. The highest BCUT2D eigenvalue weighted by Crippen LogP contribution is 2.35. The van der Waals surface area contributed by atoms with E-state index in [1.54, 1.807) is 53.4 Å². The monoisotopic (exact) mass is 398 g/mol. The summed E-state index contributed by atoms with van der Waals surface area (Å²) in [5.41, 5.74) is 1.94. The largest absolute Gasteiger partial charge is 0.268 e. The number of rotatable bonds is 3. The Kier molecular flexibility index (Phi) is 4.64. The maximum absolute atomic E-state index is 13.3.